The lowest BCUT2D eigenvalue weighted by Gasteiger charge is -2.21. The molecule has 0 aromatic heterocycles. The van der Waals surface area contributed by atoms with E-state index in [1.54, 1.807) is 20.8 Å². The number of phenolic OH excluding ortho intramolecular Hbond substituents is 2. The van der Waals surface area contributed by atoms with Gasteiger partial charge in [-0.2, -0.15) is 0 Å². The SMILES string of the molecule is CC(C)(C)OC(=O)NCC1(C(=O)Nc2ccc(O)cc2O)CC1. The van der Waals surface area contributed by atoms with Crippen molar-refractivity contribution in [3.63, 3.8) is 0 Å². The van der Waals surface area contributed by atoms with E-state index < -0.39 is 17.1 Å². The average Bonchev–Trinajstić information content (AvgIpc) is 3.19. The van der Waals surface area contributed by atoms with Crippen LogP contribution in [0, 0.1) is 5.41 Å². The van der Waals surface area contributed by atoms with Crippen LogP contribution in [-0.4, -0.2) is 34.4 Å². The summed E-state index contributed by atoms with van der Waals surface area (Å²) in [4.78, 5) is 24.0. The molecule has 0 unspecified atom stereocenters. The van der Waals surface area contributed by atoms with Gasteiger partial charge < -0.3 is 25.6 Å². The minimum atomic E-state index is -0.679. The number of amides is 2. The van der Waals surface area contributed by atoms with Gasteiger partial charge >= 0.3 is 6.09 Å². The first-order valence-corrected chi connectivity index (χ1v) is 7.42. The molecule has 23 heavy (non-hydrogen) atoms. The van der Waals surface area contributed by atoms with Crippen LogP contribution in [-0.2, 0) is 9.53 Å². The molecular formula is C16H22N2O5. The molecule has 7 heteroatoms. The van der Waals surface area contributed by atoms with Crippen molar-refractivity contribution in [1.29, 1.82) is 0 Å². The van der Waals surface area contributed by atoms with E-state index >= 15 is 0 Å². The molecule has 1 saturated carbocycles. The number of anilines is 1. The molecule has 0 aliphatic heterocycles. The fraction of sp³-hybridized carbons (Fsp3) is 0.500. The summed E-state index contributed by atoms with van der Waals surface area (Å²) in [6.45, 7) is 5.46. The Morgan fingerprint density at radius 2 is 1.91 bits per heavy atom. The Morgan fingerprint density at radius 3 is 2.43 bits per heavy atom. The fourth-order valence-corrected chi connectivity index (χ4v) is 2.07. The Morgan fingerprint density at radius 1 is 1.26 bits per heavy atom. The van der Waals surface area contributed by atoms with Gasteiger partial charge in [0.15, 0.2) is 0 Å². The largest absolute Gasteiger partial charge is 0.508 e. The third-order valence-corrected chi connectivity index (χ3v) is 3.53. The Bertz CT molecular complexity index is 617. The summed E-state index contributed by atoms with van der Waals surface area (Å²) in [7, 11) is 0. The molecule has 1 aliphatic rings. The van der Waals surface area contributed by atoms with Crippen molar-refractivity contribution in [2.45, 2.75) is 39.2 Å². The molecule has 4 N–H and O–H groups in total. The summed E-state index contributed by atoms with van der Waals surface area (Å²) < 4.78 is 5.14. The van der Waals surface area contributed by atoms with Crippen LogP contribution in [0.25, 0.3) is 0 Å². The van der Waals surface area contributed by atoms with E-state index in [0.717, 1.165) is 6.07 Å². The smallest absolute Gasteiger partial charge is 0.407 e. The number of rotatable bonds is 4. The van der Waals surface area contributed by atoms with E-state index in [0.29, 0.717) is 12.8 Å². The Labute approximate surface area is 134 Å². The number of carbonyl (C=O) groups is 2. The molecule has 0 spiro atoms. The number of hydrogen-bond donors (Lipinski definition) is 4. The summed E-state index contributed by atoms with van der Waals surface area (Å²) in [5.41, 5.74) is -1.06. The van der Waals surface area contributed by atoms with Crippen LogP contribution in [0.2, 0.25) is 0 Å². The second-order valence-electron chi connectivity index (χ2n) is 6.79. The molecular weight excluding hydrogens is 300 g/mol. The van der Waals surface area contributed by atoms with Gasteiger partial charge in [0.1, 0.15) is 17.1 Å². The molecule has 0 bridgehead atoms. The predicted octanol–water partition coefficient (Wildman–Crippen LogP) is 2.34. The molecule has 2 amide bonds. The van der Waals surface area contributed by atoms with Gasteiger partial charge in [0, 0.05) is 12.6 Å². The van der Waals surface area contributed by atoms with Crippen LogP contribution in [0.4, 0.5) is 10.5 Å². The first kappa shape index (κ1) is 16.9. The van der Waals surface area contributed by atoms with E-state index in [1.807, 2.05) is 0 Å². The maximum atomic E-state index is 12.4. The summed E-state index contributed by atoms with van der Waals surface area (Å²) >= 11 is 0. The molecule has 1 aromatic carbocycles. The van der Waals surface area contributed by atoms with Crippen molar-refractivity contribution in [1.82, 2.24) is 5.32 Å². The molecule has 7 nitrogen and oxygen atoms in total. The van der Waals surface area contributed by atoms with E-state index in [-0.39, 0.29) is 29.6 Å². The van der Waals surface area contributed by atoms with Crippen LogP contribution in [0.1, 0.15) is 33.6 Å². The molecule has 0 heterocycles. The number of ether oxygens (including phenoxy) is 1. The highest BCUT2D eigenvalue weighted by molar-refractivity contribution is 5.98. The summed E-state index contributed by atoms with van der Waals surface area (Å²) in [6, 6.07) is 3.93. The van der Waals surface area contributed by atoms with Crippen molar-refractivity contribution < 1.29 is 24.5 Å². The van der Waals surface area contributed by atoms with Gasteiger partial charge in [0.2, 0.25) is 5.91 Å². The lowest BCUT2D eigenvalue weighted by atomic mass is 10.1. The van der Waals surface area contributed by atoms with Crippen molar-refractivity contribution in [3.8, 4) is 11.5 Å². The normalized spacial score (nSPS) is 15.6. The maximum Gasteiger partial charge on any atom is 0.407 e. The fourth-order valence-electron chi connectivity index (χ4n) is 2.07. The maximum absolute atomic E-state index is 12.4. The minimum absolute atomic E-state index is 0.0896. The zero-order valence-corrected chi connectivity index (χ0v) is 13.5. The minimum Gasteiger partial charge on any atom is -0.508 e. The van der Waals surface area contributed by atoms with E-state index in [9.17, 15) is 19.8 Å². The Kier molecular flexibility index (Phi) is 4.40. The van der Waals surface area contributed by atoms with Crippen LogP contribution in [0.3, 0.4) is 0 Å². The highest BCUT2D eigenvalue weighted by Crippen LogP contribution is 2.46. The average molecular weight is 322 g/mol. The van der Waals surface area contributed by atoms with Crippen molar-refractivity contribution in [2.75, 3.05) is 11.9 Å². The van der Waals surface area contributed by atoms with Gasteiger partial charge in [-0.25, -0.2) is 4.79 Å². The quantitative estimate of drug-likeness (QED) is 0.503. The van der Waals surface area contributed by atoms with Gasteiger partial charge in [-0.1, -0.05) is 0 Å². The number of nitrogens with one attached hydrogen (secondary N) is 2. The number of alkyl carbamates (subject to hydrolysis) is 1. The van der Waals surface area contributed by atoms with Gasteiger partial charge in [0.25, 0.3) is 0 Å². The lowest BCUT2D eigenvalue weighted by molar-refractivity contribution is -0.120. The first-order chi connectivity index (χ1) is 10.6. The van der Waals surface area contributed by atoms with Gasteiger partial charge in [-0.3, -0.25) is 4.79 Å². The number of hydrogen-bond acceptors (Lipinski definition) is 5. The topological polar surface area (TPSA) is 108 Å². The first-order valence-electron chi connectivity index (χ1n) is 7.42. The second kappa shape index (κ2) is 5.98. The zero-order chi connectivity index (χ0) is 17.3. The van der Waals surface area contributed by atoms with Gasteiger partial charge in [0.05, 0.1) is 11.1 Å². The van der Waals surface area contributed by atoms with Crippen LogP contribution >= 0.6 is 0 Å². The third kappa shape index (κ3) is 4.51. The Hall–Kier alpha value is -2.44. The number of phenols is 2. The lowest BCUT2D eigenvalue weighted by Crippen LogP contribution is -2.39. The summed E-state index contributed by atoms with van der Waals surface area (Å²) in [5, 5.41) is 24.2. The molecule has 1 aromatic rings. The van der Waals surface area contributed by atoms with Gasteiger partial charge in [-0.15, -0.1) is 0 Å². The third-order valence-electron chi connectivity index (χ3n) is 3.53. The molecule has 0 atom stereocenters. The van der Waals surface area contributed by atoms with E-state index in [2.05, 4.69) is 10.6 Å². The summed E-state index contributed by atoms with van der Waals surface area (Å²) in [6.07, 6.45) is 0.727. The number of carbonyl (C=O) groups excluding carboxylic acids is 2. The zero-order valence-electron chi connectivity index (χ0n) is 13.5. The van der Waals surface area contributed by atoms with E-state index in [1.165, 1.54) is 12.1 Å². The number of aromatic hydroxyl groups is 2. The molecule has 1 aliphatic carbocycles. The van der Waals surface area contributed by atoms with Crippen molar-refractivity contribution in [3.05, 3.63) is 18.2 Å². The molecule has 1 fully saturated rings. The monoisotopic (exact) mass is 322 g/mol. The summed E-state index contributed by atoms with van der Waals surface area (Å²) in [5.74, 6) is -0.586. The van der Waals surface area contributed by atoms with E-state index in [4.69, 9.17) is 4.74 Å². The molecule has 0 radical (unpaired) electrons. The van der Waals surface area contributed by atoms with Crippen LogP contribution < -0.4 is 10.6 Å². The molecule has 0 saturated heterocycles. The second-order valence-corrected chi connectivity index (χ2v) is 6.79. The van der Waals surface area contributed by atoms with Crippen LogP contribution in [0.15, 0.2) is 18.2 Å². The highest BCUT2D eigenvalue weighted by atomic mass is 16.6. The number of benzene rings is 1. The Balaban J connectivity index is 1.92. The van der Waals surface area contributed by atoms with Gasteiger partial charge in [-0.05, 0) is 45.7 Å². The molecule has 126 valence electrons. The standard InChI is InChI=1S/C16H22N2O5/c1-15(2,3)23-14(22)17-9-16(6-7-16)13(21)18-11-5-4-10(19)8-12(11)20/h4-5,8,19-20H,6-7,9H2,1-3H3,(H,17,22)(H,18,21). The van der Waals surface area contributed by atoms with Crippen molar-refractivity contribution in [2.24, 2.45) is 5.41 Å². The highest BCUT2D eigenvalue weighted by Gasteiger charge is 2.50. The van der Waals surface area contributed by atoms with Crippen molar-refractivity contribution >= 4 is 17.7 Å². The predicted molar refractivity (Wildman–Crippen MR) is 84.3 cm³/mol. The van der Waals surface area contributed by atoms with Crippen LogP contribution in [0.5, 0.6) is 11.5 Å². The molecule has 2 rings (SSSR count).